The minimum Gasteiger partial charge on any atom is -0.399 e. The number of nitrogens with zero attached hydrogens (tertiary/aromatic N) is 2. The summed E-state index contributed by atoms with van der Waals surface area (Å²) in [6.07, 6.45) is 0. The van der Waals surface area contributed by atoms with E-state index in [1.807, 2.05) is 12.1 Å². The highest BCUT2D eigenvalue weighted by atomic mass is 16.1. The first-order valence-electron chi connectivity index (χ1n) is 7.14. The summed E-state index contributed by atoms with van der Waals surface area (Å²) in [7, 11) is 0. The van der Waals surface area contributed by atoms with Gasteiger partial charge in [-0.1, -0.05) is 13.8 Å². The maximum absolute atomic E-state index is 11.6. The summed E-state index contributed by atoms with van der Waals surface area (Å²) in [5, 5.41) is 0. The Kier molecular flexibility index (Phi) is 4.49. The van der Waals surface area contributed by atoms with E-state index in [4.69, 9.17) is 11.5 Å². The molecule has 1 aliphatic heterocycles. The van der Waals surface area contributed by atoms with Gasteiger partial charge in [0.25, 0.3) is 5.91 Å². The molecule has 5 nitrogen and oxygen atoms in total. The van der Waals surface area contributed by atoms with Crippen LogP contribution in [0.2, 0.25) is 0 Å². The number of amides is 1. The Morgan fingerprint density at radius 1 is 1.25 bits per heavy atom. The van der Waals surface area contributed by atoms with E-state index < -0.39 is 5.91 Å². The molecule has 0 saturated carbocycles. The number of nitrogen functional groups attached to an aromatic ring is 1. The van der Waals surface area contributed by atoms with Crippen LogP contribution in [0.15, 0.2) is 18.2 Å². The highest BCUT2D eigenvalue weighted by molar-refractivity contribution is 5.99. The van der Waals surface area contributed by atoms with Gasteiger partial charge in [-0.15, -0.1) is 0 Å². The molecule has 1 saturated heterocycles. The van der Waals surface area contributed by atoms with E-state index in [-0.39, 0.29) is 0 Å². The number of primary amides is 1. The lowest BCUT2D eigenvalue weighted by Gasteiger charge is -2.37. The molecule has 1 amide bonds. The monoisotopic (exact) mass is 276 g/mol. The SMILES string of the molecule is CC(C)CN1CCN(c2ccc(N)cc2C(N)=O)CC1. The summed E-state index contributed by atoms with van der Waals surface area (Å²) < 4.78 is 0. The third-order valence-corrected chi connectivity index (χ3v) is 3.62. The molecule has 0 unspecified atom stereocenters. The van der Waals surface area contributed by atoms with Crippen LogP contribution < -0.4 is 16.4 Å². The van der Waals surface area contributed by atoms with Gasteiger partial charge in [0, 0.05) is 44.1 Å². The number of carbonyl (C=O) groups excluding carboxylic acids is 1. The Balaban J connectivity index is 2.09. The third-order valence-electron chi connectivity index (χ3n) is 3.62. The largest absolute Gasteiger partial charge is 0.399 e. The molecule has 1 aromatic carbocycles. The molecule has 20 heavy (non-hydrogen) atoms. The zero-order valence-electron chi connectivity index (χ0n) is 12.3. The molecule has 4 N–H and O–H groups in total. The van der Waals surface area contributed by atoms with E-state index >= 15 is 0 Å². The molecular weight excluding hydrogens is 252 g/mol. The Morgan fingerprint density at radius 3 is 2.45 bits per heavy atom. The van der Waals surface area contributed by atoms with E-state index in [9.17, 15) is 4.79 Å². The molecule has 110 valence electrons. The second-order valence-electron chi connectivity index (χ2n) is 5.82. The van der Waals surface area contributed by atoms with Crippen molar-refractivity contribution in [1.82, 2.24) is 4.90 Å². The number of piperazine rings is 1. The van der Waals surface area contributed by atoms with E-state index in [2.05, 4.69) is 23.6 Å². The second kappa shape index (κ2) is 6.13. The fourth-order valence-electron chi connectivity index (χ4n) is 2.71. The molecule has 1 aliphatic rings. The molecule has 0 spiro atoms. The van der Waals surface area contributed by atoms with E-state index in [0.29, 0.717) is 17.2 Å². The summed E-state index contributed by atoms with van der Waals surface area (Å²) in [5.74, 6) is 0.260. The summed E-state index contributed by atoms with van der Waals surface area (Å²) in [6, 6.07) is 5.38. The van der Waals surface area contributed by atoms with Crippen LogP contribution in [0.4, 0.5) is 11.4 Å². The molecule has 1 heterocycles. The van der Waals surface area contributed by atoms with Crippen molar-refractivity contribution in [3.63, 3.8) is 0 Å². The van der Waals surface area contributed by atoms with Crippen LogP contribution in [0.3, 0.4) is 0 Å². The van der Waals surface area contributed by atoms with Gasteiger partial charge in [-0.3, -0.25) is 9.69 Å². The topological polar surface area (TPSA) is 75.6 Å². The predicted octanol–water partition coefficient (Wildman–Crippen LogP) is 1.15. The number of rotatable bonds is 4. The van der Waals surface area contributed by atoms with Crippen molar-refractivity contribution < 1.29 is 4.79 Å². The number of hydrogen-bond acceptors (Lipinski definition) is 4. The summed E-state index contributed by atoms with van der Waals surface area (Å²) in [6.45, 7) is 9.45. The van der Waals surface area contributed by atoms with Gasteiger partial charge in [-0.2, -0.15) is 0 Å². The first-order valence-corrected chi connectivity index (χ1v) is 7.14. The zero-order valence-corrected chi connectivity index (χ0v) is 12.3. The predicted molar refractivity (Wildman–Crippen MR) is 82.9 cm³/mol. The lowest BCUT2D eigenvalue weighted by molar-refractivity contribution is 0.100. The molecule has 1 fully saturated rings. The molecule has 0 aromatic heterocycles. The van der Waals surface area contributed by atoms with Crippen LogP contribution in [-0.4, -0.2) is 43.5 Å². The smallest absolute Gasteiger partial charge is 0.250 e. The van der Waals surface area contributed by atoms with Gasteiger partial charge < -0.3 is 16.4 Å². The third kappa shape index (κ3) is 3.42. The quantitative estimate of drug-likeness (QED) is 0.809. The van der Waals surface area contributed by atoms with Gasteiger partial charge in [0.1, 0.15) is 0 Å². The van der Waals surface area contributed by atoms with Crippen molar-refractivity contribution in [2.24, 2.45) is 11.7 Å². The fraction of sp³-hybridized carbons (Fsp3) is 0.533. The van der Waals surface area contributed by atoms with Crippen molar-refractivity contribution >= 4 is 17.3 Å². The lowest BCUT2D eigenvalue weighted by atomic mass is 10.1. The summed E-state index contributed by atoms with van der Waals surface area (Å²) in [5.41, 5.74) is 13.2. The van der Waals surface area contributed by atoms with Crippen molar-refractivity contribution in [3.05, 3.63) is 23.8 Å². The molecule has 0 bridgehead atoms. The average molecular weight is 276 g/mol. The highest BCUT2D eigenvalue weighted by Gasteiger charge is 2.21. The fourth-order valence-corrected chi connectivity index (χ4v) is 2.71. The number of benzene rings is 1. The maximum atomic E-state index is 11.6. The van der Waals surface area contributed by atoms with Crippen molar-refractivity contribution in [2.75, 3.05) is 43.4 Å². The first kappa shape index (κ1) is 14.7. The zero-order chi connectivity index (χ0) is 14.7. The van der Waals surface area contributed by atoms with Crippen LogP contribution in [0.1, 0.15) is 24.2 Å². The van der Waals surface area contributed by atoms with E-state index in [1.54, 1.807) is 6.07 Å². The van der Waals surface area contributed by atoms with E-state index in [0.717, 1.165) is 38.4 Å². The Hall–Kier alpha value is -1.75. The Bertz CT molecular complexity index is 479. The molecule has 5 heteroatoms. The standard InChI is InChI=1S/C15H24N4O/c1-11(2)10-18-5-7-19(8-6-18)14-4-3-12(16)9-13(14)15(17)20/h3-4,9,11H,5-8,10,16H2,1-2H3,(H2,17,20). The normalized spacial score (nSPS) is 16.6. The van der Waals surface area contributed by atoms with Gasteiger partial charge in [-0.25, -0.2) is 0 Å². The molecule has 2 rings (SSSR count). The van der Waals surface area contributed by atoms with Crippen molar-refractivity contribution in [2.45, 2.75) is 13.8 Å². The molecule has 0 radical (unpaired) electrons. The summed E-state index contributed by atoms with van der Waals surface area (Å²) >= 11 is 0. The van der Waals surface area contributed by atoms with Crippen LogP contribution in [0, 0.1) is 5.92 Å². The number of nitrogens with two attached hydrogens (primary N) is 2. The maximum Gasteiger partial charge on any atom is 0.250 e. The molecule has 0 atom stereocenters. The highest BCUT2D eigenvalue weighted by Crippen LogP contribution is 2.24. The lowest BCUT2D eigenvalue weighted by Crippen LogP contribution is -2.47. The van der Waals surface area contributed by atoms with Crippen LogP contribution in [0.25, 0.3) is 0 Å². The van der Waals surface area contributed by atoms with Crippen molar-refractivity contribution in [1.29, 1.82) is 0 Å². The minimum atomic E-state index is -0.420. The van der Waals surface area contributed by atoms with Gasteiger partial charge >= 0.3 is 0 Å². The number of hydrogen-bond donors (Lipinski definition) is 2. The van der Waals surface area contributed by atoms with Crippen LogP contribution in [0.5, 0.6) is 0 Å². The molecule has 1 aromatic rings. The van der Waals surface area contributed by atoms with Crippen molar-refractivity contribution in [3.8, 4) is 0 Å². The van der Waals surface area contributed by atoms with Gasteiger partial charge in [-0.05, 0) is 24.1 Å². The van der Waals surface area contributed by atoms with Crippen LogP contribution >= 0.6 is 0 Å². The Labute approximate surface area is 120 Å². The van der Waals surface area contributed by atoms with Gasteiger partial charge in [0.15, 0.2) is 0 Å². The van der Waals surface area contributed by atoms with Gasteiger partial charge in [0.05, 0.1) is 5.56 Å². The van der Waals surface area contributed by atoms with Gasteiger partial charge in [0.2, 0.25) is 0 Å². The minimum absolute atomic E-state index is 0.420. The average Bonchev–Trinajstić information content (AvgIpc) is 2.39. The first-order chi connectivity index (χ1) is 9.47. The van der Waals surface area contributed by atoms with Crippen LogP contribution in [-0.2, 0) is 0 Å². The molecule has 0 aliphatic carbocycles. The van der Waals surface area contributed by atoms with E-state index in [1.165, 1.54) is 0 Å². The molecular formula is C15H24N4O. The Morgan fingerprint density at radius 2 is 1.90 bits per heavy atom. The number of anilines is 2. The number of carbonyl (C=O) groups is 1. The summed E-state index contributed by atoms with van der Waals surface area (Å²) in [4.78, 5) is 16.2. The second-order valence-corrected chi connectivity index (χ2v) is 5.82.